The third-order valence-electron chi connectivity index (χ3n) is 7.87. The fourth-order valence-electron chi connectivity index (χ4n) is 5.77. The van der Waals surface area contributed by atoms with Crippen LogP contribution in [0.5, 0.6) is 0 Å². The topological polar surface area (TPSA) is 146 Å². The molecular weight excluding hydrogens is 600 g/mol. The quantitative estimate of drug-likeness (QED) is 0.281. The molecule has 0 spiro atoms. The van der Waals surface area contributed by atoms with Crippen LogP contribution in [0.1, 0.15) is 67.2 Å². The predicted molar refractivity (Wildman–Crippen MR) is 179 cm³/mol. The van der Waals surface area contributed by atoms with Gasteiger partial charge < -0.3 is 25.1 Å². The summed E-state index contributed by atoms with van der Waals surface area (Å²) >= 11 is 0. The van der Waals surface area contributed by atoms with Gasteiger partial charge in [0.1, 0.15) is 23.3 Å². The van der Waals surface area contributed by atoms with E-state index in [0.29, 0.717) is 37.3 Å². The van der Waals surface area contributed by atoms with Gasteiger partial charge in [-0.05, 0) is 91.5 Å². The van der Waals surface area contributed by atoms with E-state index in [9.17, 15) is 19.2 Å². The Morgan fingerprint density at radius 3 is 1.55 bits per heavy atom. The molecule has 1 aromatic heterocycles. The molecule has 2 aliphatic heterocycles. The van der Waals surface area contributed by atoms with E-state index in [-0.39, 0.29) is 11.8 Å². The lowest BCUT2D eigenvalue weighted by atomic mass is 10.0. The monoisotopic (exact) mass is 644 g/mol. The number of anilines is 2. The van der Waals surface area contributed by atoms with Crippen LogP contribution in [0.25, 0.3) is 22.5 Å². The summed E-state index contributed by atoms with van der Waals surface area (Å²) in [6, 6.07) is 13.6. The summed E-state index contributed by atoms with van der Waals surface area (Å²) in [4.78, 5) is 62.1. The second-order valence-electron chi connectivity index (χ2n) is 13.9. The Kier molecular flexibility index (Phi) is 9.60. The Hall–Kier alpha value is -4.87. The summed E-state index contributed by atoms with van der Waals surface area (Å²) in [5.41, 5.74) is 3.19. The molecule has 2 aromatic carbocycles. The zero-order valence-electron chi connectivity index (χ0n) is 27.9. The second-order valence-corrected chi connectivity index (χ2v) is 13.9. The van der Waals surface area contributed by atoms with E-state index in [4.69, 9.17) is 9.47 Å². The molecule has 2 aliphatic rings. The molecule has 0 unspecified atom stereocenters. The van der Waals surface area contributed by atoms with Gasteiger partial charge >= 0.3 is 12.2 Å². The summed E-state index contributed by atoms with van der Waals surface area (Å²) in [7, 11) is 0. The zero-order chi connectivity index (χ0) is 33.9. The first-order chi connectivity index (χ1) is 22.2. The zero-order valence-corrected chi connectivity index (χ0v) is 27.9. The number of ether oxygens (including phenoxy) is 2. The van der Waals surface area contributed by atoms with E-state index >= 15 is 0 Å². The maximum atomic E-state index is 13.1. The third kappa shape index (κ3) is 8.30. The molecule has 2 saturated heterocycles. The second kappa shape index (κ2) is 13.5. The van der Waals surface area contributed by atoms with E-state index in [0.717, 1.165) is 35.4 Å². The minimum atomic E-state index is -0.637. The molecule has 3 aromatic rings. The summed E-state index contributed by atoms with van der Waals surface area (Å²) in [5, 5.41) is 5.86. The molecule has 12 nitrogen and oxygen atoms in total. The van der Waals surface area contributed by atoms with Gasteiger partial charge in [0.25, 0.3) is 0 Å². The third-order valence-corrected chi connectivity index (χ3v) is 7.87. The van der Waals surface area contributed by atoms with Gasteiger partial charge in [0.05, 0.1) is 17.7 Å². The van der Waals surface area contributed by atoms with Crippen LogP contribution in [0, 0.1) is 0 Å². The van der Waals surface area contributed by atoms with Crippen LogP contribution in [-0.4, -0.2) is 80.1 Å². The number of imidazole rings is 1. The van der Waals surface area contributed by atoms with Gasteiger partial charge in [-0.2, -0.15) is 0 Å². The van der Waals surface area contributed by atoms with Gasteiger partial charge in [-0.3, -0.25) is 19.4 Å². The molecule has 3 heterocycles. The van der Waals surface area contributed by atoms with Gasteiger partial charge in [0, 0.05) is 35.6 Å². The summed E-state index contributed by atoms with van der Waals surface area (Å²) < 4.78 is 11.0. The number of hydrogen-bond acceptors (Lipinski definition) is 7. The van der Waals surface area contributed by atoms with Crippen molar-refractivity contribution in [2.45, 2.75) is 90.5 Å². The molecule has 2 atom stereocenters. The highest BCUT2D eigenvalue weighted by Crippen LogP contribution is 2.31. The Balaban J connectivity index is 1.21. The summed E-state index contributed by atoms with van der Waals surface area (Å²) in [6.45, 7) is 11.8. The highest BCUT2D eigenvalue weighted by molar-refractivity contribution is 5.98. The van der Waals surface area contributed by atoms with E-state index in [1.54, 1.807) is 60.0 Å². The molecule has 3 N–H and O–H groups in total. The number of carbonyl (C=O) groups excluding carboxylic acids is 4. The van der Waals surface area contributed by atoms with Crippen molar-refractivity contribution in [1.82, 2.24) is 19.8 Å². The van der Waals surface area contributed by atoms with Crippen molar-refractivity contribution in [2.24, 2.45) is 0 Å². The number of benzene rings is 2. The van der Waals surface area contributed by atoms with Gasteiger partial charge in [0.15, 0.2) is 0 Å². The number of rotatable bonds is 6. The Bertz CT molecular complexity index is 1480. The van der Waals surface area contributed by atoms with Crippen LogP contribution in [-0.2, 0) is 19.1 Å². The number of H-pyrrole nitrogens is 1. The molecule has 4 amide bonds. The summed E-state index contributed by atoms with van der Waals surface area (Å²) in [6.07, 6.45) is 3.28. The van der Waals surface area contributed by atoms with E-state index in [2.05, 4.69) is 20.6 Å². The number of nitrogens with one attached hydrogen (secondary N) is 3. The van der Waals surface area contributed by atoms with E-state index < -0.39 is 35.5 Å². The Labute approximate surface area is 275 Å². The van der Waals surface area contributed by atoms with Crippen LogP contribution in [0.3, 0.4) is 0 Å². The first-order valence-electron chi connectivity index (χ1n) is 16.0. The maximum Gasteiger partial charge on any atom is 0.410 e. The molecular formula is C35H44N6O6. The molecule has 250 valence electrons. The Morgan fingerprint density at radius 2 is 1.13 bits per heavy atom. The van der Waals surface area contributed by atoms with Gasteiger partial charge in [-0.1, -0.05) is 24.3 Å². The fourth-order valence-corrected chi connectivity index (χ4v) is 5.77. The lowest BCUT2D eigenvalue weighted by molar-refractivity contribution is -0.121. The minimum Gasteiger partial charge on any atom is -0.444 e. The highest BCUT2D eigenvalue weighted by atomic mass is 16.6. The molecule has 0 aliphatic carbocycles. The van der Waals surface area contributed by atoms with E-state index in [1.165, 1.54) is 9.80 Å². The SMILES string of the molecule is CC(C)(C)OC(=O)N1CCC[C@H]1C(=O)Nc1ccc(-c2nc[nH]c2-c2ccc(NC(=O)[C@@H]3CCCN3C(=O)OC(C)(C)C)cc2)cc1. The lowest BCUT2D eigenvalue weighted by Crippen LogP contribution is -2.45. The predicted octanol–water partition coefficient (Wildman–Crippen LogP) is 6.42. The number of aromatic nitrogens is 2. The molecule has 2 fully saturated rings. The van der Waals surface area contributed by atoms with E-state index in [1.807, 2.05) is 36.4 Å². The molecule has 0 radical (unpaired) electrons. The van der Waals surface area contributed by atoms with Crippen molar-refractivity contribution in [3.63, 3.8) is 0 Å². The van der Waals surface area contributed by atoms with Crippen molar-refractivity contribution in [3.8, 4) is 22.5 Å². The van der Waals surface area contributed by atoms with Gasteiger partial charge in [0.2, 0.25) is 11.8 Å². The lowest BCUT2D eigenvalue weighted by Gasteiger charge is -2.28. The first kappa shape index (κ1) is 33.5. The average molecular weight is 645 g/mol. The number of aromatic amines is 1. The van der Waals surface area contributed by atoms with Gasteiger partial charge in [-0.25, -0.2) is 14.6 Å². The largest absolute Gasteiger partial charge is 0.444 e. The normalized spacial score (nSPS) is 18.2. The Morgan fingerprint density at radius 1 is 0.702 bits per heavy atom. The number of hydrogen-bond donors (Lipinski definition) is 3. The van der Waals surface area contributed by atoms with Crippen LogP contribution in [0.2, 0.25) is 0 Å². The molecule has 0 saturated carbocycles. The van der Waals surface area contributed by atoms with Crippen molar-refractivity contribution in [2.75, 3.05) is 23.7 Å². The molecule has 5 rings (SSSR count). The number of amides is 4. The van der Waals surface area contributed by atoms with Crippen LogP contribution in [0.4, 0.5) is 21.0 Å². The van der Waals surface area contributed by atoms with Crippen LogP contribution < -0.4 is 10.6 Å². The van der Waals surface area contributed by atoms with Crippen LogP contribution >= 0.6 is 0 Å². The molecule has 0 bridgehead atoms. The molecule has 12 heteroatoms. The fraction of sp³-hybridized carbons (Fsp3) is 0.457. The van der Waals surface area contributed by atoms with Crippen molar-refractivity contribution < 1.29 is 28.7 Å². The number of likely N-dealkylation sites (tertiary alicyclic amines) is 2. The average Bonchev–Trinajstić information content (AvgIpc) is 3.77. The maximum absolute atomic E-state index is 13.1. The van der Waals surface area contributed by atoms with Gasteiger partial charge in [-0.15, -0.1) is 0 Å². The minimum absolute atomic E-state index is 0.249. The van der Waals surface area contributed by atoms with Crippen molar-refractivity contribution >= 4 is 35.4 Å². The summed E-state index contributed by atoms with van der Waals surface area (Å²) in [5.74, 6) is -0.500. The standard InChI is InChI=1S/C35H44N6O6/c1-34(2,3)46-32(44)40-19-7-9-26(40)30(42)38-24-15-11-22(12-16-24)28-29(37-21-36-28)23-13-17-25(18-14-23)39-31(43)27-10-8-20-41(27)33(45)47-35(4,5)6/h11-18,21,26-27H,7-10,19-20H2,1-6H3,(H,36,37)(H,38,42)(H,39,43)/t26-,27-/m0/s1. The van der Waals surface area contributed by atoms with Crippen molar-refractivity contribution in [3.05, 3.63) is 54.9 Å². The number of carbonyl (C=O) groups is 4. The smallest absolute Gasteiger partial charge is 0.410 e. The highest BCUT2D eigenvalue weighted by Gasteiger charge is 2.38. The number of nitrogens with zero attached hydrogens (tertiary/aromatic N) is 3. The van der Waals surface area contributed by atoms with Crippen molar-refractivity contribution in [1.29, 1.82) is 0 Å². The first-order valence-corrected chi connectivity index (χ1v) is 16.0. The van der Waals surface area contributed by atoms with Crippen LogP contribution in [0.15, 0.2) is 54.9 Å². The molecule has 47 heavy (non-hydrogen) atoms.